The summed E-state index contributed by atoms with van der Waals surface area (Å²) >= 11 is 0. The third-order valence-corrected chi connectivity index (χ3v) is 8.44. The van der Waals surface area contributed by atoms with E-state index in [0.29, 0.717) is 37.6 Å². The van der Waals surface area contributed by atoms with Crippen molar-refractivity contribution in [3.05, 3.63) is 91.9 Å². The lowest BCUT2D eigenvalue weighted by atomic mass is 9.70. The number of piperidine rings is 1. The molecule has 10 nitrogen and oxygen atoms in total. The largest absolute Gasteiger partial charge is 0.454 e. The molecular weight excluding hydrogens is 488 g/mol. The number of non-ortho nitro benzene ring substituents is 1. The molecule has 0 aliphatic carbocycles. The Morgan fingerprint density at radius 2 is 1.95 bits per heavy atom. The number of ether oxygens (including phenoxy) is 2. The quantitative estimate of drug-likeness (QED) is 0.420. The fourth-order valence-corrected chi connectivity index (χ4v) is 6.82. The summed E-state index contributed by atoms with van der Waals surface area (Å²) < 4.78 is 12.7. The Hall–Kier alpha value is -4.34. The van der Waals surface area contributed by atoms with Crippen LogP contribution in [0.4, 0.5) is 11.4 Å². The molecule has 1 amide bonds. The van der Waals surface area contributed by atoms with Gasteiger partial charge in [0.15, 0.2) is 11.5 Å². The molecule has 0 unspecified atom stereocenters. The Bertz CT molecular complexity index is 1530. The van der Waals surface area contributed by atoms with E-state index < -0.39 is 10.8 Å². The summed E-state index contributed by atoms with van der Waals surface area (Å²) in [6, 6.07) is 15.9. The van der Waals surface area contributed by atoms with Gasteiger partial charge < -0.3 is 24.3 Å². The molecule has 1 aromatic heterocycles. The first kappa shape index (κ1) is 22.8. The number of hydrogen-bond acceptors (Lipinski definition) is 7. The monoisotopic (exact) mass is 514 g/mol. The van der Waals surface area contributed by atoms with E-state index in [1.54, 1.807) is 24.3 Å². The van der Waals surface area contributed by atoms with E-state index in [-0.39, 0.29) is 41.8 Å². The Labute approximate surface area is 217 Å². The van der Waals surface area contributed by atoms with Crippen LogP contribution in [0.25, 0.3) is 0 Å². The van der Waals surface area contributed by atoms with Gasteiger partial charge in [0.05, 0.1) is 10.8 Å². The normalized spacial score (nSPS) is 24.2. The molecule has 10 heteroatoms. The van der Waals surface area contributed by atoms with Crippen LogP contribution in [0, 0.1) is 22.0 Å². The van der Waals surface area contributed by atoms with Crippen molar-refractivity contribution in [2.24, 2.45) is 11.8 Å². The van der Waals surface area contributed by atoms with Crippen molar-refractivity contribution in [2.75, 3.05) is 18.2 Å². The first-order chi connectivity index (χ1) is 18.5. The predicted octanol–water partition coefficient (Wildman–Crippen LogP) is 2.97. The number of nitrogens with zero attached hydrogens (tertiary/aromatic N) is 3. The molecule has 0 saturated carbocycles. The highest BCUT2D eigenvalue weighted by atomic mass is 16.7. The smallest absolute Gasteiger partial charge is 0.269 e. The van der Waals surface area contributed by atoms with Crippen LogP contribution >= 0.6 is 0 Å². The van der Waals surface area contributed by atoms with Crippen molar-refractivity contribution < 1.29 is 19.2 Å². The topological polar surface area (TPSA) is 116 Å². The molecule has 1 N–H and O–H groups in total. The molecule has 4 aliphatic heterocycles. The summed E-state index contributed by atoms with van der Waals surface area (Å²) in [7, 11) is 0. The Balaban J connectivity index is 1.22. The number of carbonyl (C=O) groups is 1. The fourth-order valence-electron chi connectivity index (χ4n) is 6.82. The van der Waals surface area contributed by atoms with Crippen LogP contribution in [0.3, 0.4) is 0 Å². The molecule has 3 aromatic rings. The number of fused-ring (bicyclic) bond motifs is 9. The summed E-state index contributed by atoms with van der Waals surface area (Å²) in [4.78, 5) is 39.9. The second kappa shape index (κ2) is 8.61. The number of pyridine rings is 1. The van der Waals surface area contributed by atoms with Crippen LogP contribution in [0.1, 0.15) is 29.2 Å². The SMILES string of the molecule is O=C(NCc1ccc2c(c1)OCO2)[C@@H]1Cc2cc([N+](=O)[O-])ccc2N2C[C@H]3C[C@H](Cn4c3cccc4=O)[C@@H]12. The number of carbonyl (C=O) groups excluding carboxylic acids is 1. The average Bonchev–Trinajstić information content (AvgIpc) is 3.39. The molecule has 0 spiro atoms. The first-order valence-electron chi connectivity index (χ1n) is 12.9. The fraction of sp³-hybridized carbons (Fsp3) is 0.357. The van der Waals surface area contributed by atoms with Gasteiger partial charge in [0.25, 0.3) is 11.2 Å². The summed E-state index contributed by atoms with van der Waals surface area (Å²) in [5, 5.41) is 14.6. The molecule has 0 radical (unpaired) electrons. The van der Waals surface area contributed by atoms with Crippen molar-refractivity contribution in [2.45, 2.75) is 37.9 Å². The number of nitrogens with one attached hydrogen (secondary N) is 1. The first-order valence-corrected chi connectivity index (χ1v) is 12.9. The maximum atomic E-state index is 13.8. The number of benzene rings is 2. The number of nitro groups is 1. The van der Waals surface area contributed by atoms with Crippen LogP contribution in [0.2, 0.25) is 0 Å². The van der Waals surface area contributed by atoms with Crippen LogP contribution in [0.5, 0.6) is 11.5 Å². The highest BCUT2D eigenvalue weighted by Gasteiger charge is 2.49. The zero-order valence-corrected chi connectivity index (χ0v) is 20.5. The Morgan fingerprint density at radius 1 is 1.08 bits per heavy atom. The zero-order valence-electron chi connectivity index (χ0n) is 20.5. The minimum atomic E-state index is -0.412. The highest BCUT2D eigenvalue weighted by molar-refractivity contribution is 5.82. The standard InChI is InChI=1S/C28H26N4O6/c33-26-3-1-2-22-18-9-19(14-30(22)26)27-21(11-17-10-20(32(35)36)5-6-23(17)31(27)13-18)28(34)29-12-16-4-7-24-25(8-16)38-15-37-24/h1-8,10,18-19,21,27H,9,11-15H2,(H,29,34)/t18-,19-,21-,27+/m1/s1. The number of anilines is 1. The Kier molecular flexibility index (Phi) is 5.17. The van der Waals surface area contributed by atoms with E-state index in [1.165, 1.54) is 0 Å². The number of nitro benzene ring substituents is 1. The molecule has 2 bridgehead atoms. The lowest BCUT2D eigenvalue weighted by molar-refractivity contribution is -0.384. The molecule has 38 heavy (non-hydrogen) atoms. The molecule has 2 aromatic carbocycles. The third kappa shape index (κ3) is 3.62. The van der Waals surface area contributed by atoms with Crippen molar-refractivity contribution in [3.8, 4) is 11.5 Å². The van der Waals surface area contributed by atoms with E-state index in [2.05, 4.69) is 10.2 Å². The molecule has 5 heterocycles. The van der Waals surface area contributed by atoms with E-state index in [1.807, 2.05) is 34.9 Å². The minimum Gasteiger partial charge on any atom is -0.454 e. The van der Waals surface area contributed by atoms with Crippen molar-refractivity contribution >= 4 is 17.3 Å². The van der Waals surface area contributed by atoms with Crippen LogP contribution in [0.15, 0.2) is 59.4 Å². The lowest BCUT2D eigenvalue weighted by Crippen LogP contribution is -2.61. The molecule has 1 saturated heterocycles. The van der Waals surface area contributed by atoms with Crippen molar-refractivity contribution in [3.63, 3.8) is 0 Å². The molecule has 4 atom stereocenters. The van der Waals surface area contributed by atoms with E-state index in [0.717, 1.165) is 28.9 Å². The Morgan fingerprint density at radius 3 is 2.82 bits per heavy atom. The maximum absolute atomic E-state index is 13.8. The van der Waals surface area contributed by atoms with Gasteiger partial charge in [-0.2, -0.15) is 0 Å². The average molecular weight is 515 g/mol. The van der Waals surface area contributed by atoms with E-state index in [4.69, 9.17) is 9.47 Å². The third-order valence-electron chi connectivity index (χ3n) is 8.44. The lowest BCUT2D eigenvalue weighted by Gasteiger charge is -2.54. The highest BCUT2D eigenvalue weighted by Crippen LogP contribution is 2.47. The number of rotatable bonds is 4. The summed E-state index contributed by atoms with van der Waals surface area (Å²) in [6.07, 6.45) is 1.31. The second-order valence-electron chi connectivity index (χ2n) is 10.5. The molecule has 7 rings (SSSR count). The molecular formula is C28H26N4O6. The predicted molar refractivity (Wildman–Crippen MR) is 137 cm³/mol. The van der Waals surface area contributed by atoms with Crippen molar-refractivity contribution in [1.82, 2.24) is 9.88 Å². The molecule has 4 aliphatic rings. The van der Waals surface area contributed by atoms with Crippen LogP contribution in [-0.4, -0.2) is 34.8 Å². The summed E-state index contributed by atoms with van der Waals surface area (Å²) in [6.45, 7) is 1.73. The van der Waals surface area contributed by atoms with Gasteiger partial charge in [-0.05, 0) is 54.2 Å². The van der Waals surface area contributed by atoms with Gasteiger partial charge in [0, 0.05) is 61.2 Å². The second-order valence-corrected chi connectivity index (χ2v) is 10.5. The van der Waals surface area contributed by atoms with Gasteiger partial charge in [-0.1, -0.05) is 12.1 Å². The van der Waals surface area contributed by atoms with Gasteiger partial charge in [-0.25, -0.2) is 0 Å². The van der Waals surface area contributed by atoms with Gasteiger partial charge >= 0.3 is 0 Å². The number of hydrogen-bond donors (Lipinski definition) is 1. The summed E-state index contributed by atoms with van der Waals surface area (Å²) in [5.74, 6) is 1.09. The number of aromatic nitrogens is 1. The zero-order chi connectivity index (χ0) is 26.0. The van der Waals surface area contributed by atoms with Gasteiger partial charge in [0.1, 0.15) is 0 Å². The van der Waals surface area contributed by atoms with E-state index in [9.17, 15) is 19.7 Å². The summed E-state index contributed by atoms with van der Waals surface area (Å²) in [5.41, 5.74) is 3.68. The minimum absolute atomic E-state index is 0.0127. The van der Waals surface area contributed by atoms with Crippen molar-refractivity contribution in [1.29, 1.82) is 0 Å². The van der Waals surface area contributed by atoms with Gasteiger partial charge in [-0.3, -0.25) is 19.7 Å². The van der Waals surface area contributed by atoms with Crippen LogP contribution < -0.4 is 25.2 Å². The van der Waals surface area contributed by atoms with Crippen LogP contribution in [-0.2, 0) is 24.3 Å². The number of amides is 1. The molecule has 1 fully saturated rings. The maximum Gasteiger partial charge on any atom is 0.269 e. The van der Waals surface area contributed by atoms with Gasteiger partial charge in [-0.15, -0.1) is 0 Å². The van der Waals surface area contributed by atoms with E-state index >= 15 is 0 Å². The van der Waals surface area contributed by atoms with Gasteiger partial charge in [0.2, 0.25) is 12.7 Å². The molecule has 194 valence electrons.